The third-order valence-corrected chi connectivity index (χ3v) is 2.94. The van der Waals surface area contributed by atoms with Gasteiger partial charge in [-0.05, 0) is 23.6 Å². The quantitative estimate of drug-likeness (QED) is 0.809. The zero-order chi connectivity index (χ0) is 13.7. The van der Waals surface area contributed by atoms with E-state index in [-0.39, 0.29) is 6.29 Å². The zero-order valence-electron chi connectivity index (χ0n) is 11.3. The minimum atomic E-state index is -0.303. The smallest absolute Gasteiger partial charge is 0.173 e. The lowest BCUT2D eigenvalue weighted by Crippen LogP contribution is -2.24. The summed E-state index contributed by atoms with van der Waals surface area (Å²) in [6.45, 7) is 0.524. The summed E-state index contributed by atoms with van der Waals surface area (Å²) in [5.74, 6) is 1.59. The van der Waals surface area contributed by atoms with Crippen LogP contribution in [-0.4, -0.2) is 39.1 Å². The molecule has 0 radical (unpaired) electrons. The number of rotatable bonds is 6. The lowest BCUT2D eigenvalue weighted by atomic mass is 10.1. The van der Waals surface area contributed by atoms with Gasteiger partial charge in [-0.25, -0.2) is 4.98 Å². The van der Waals surface area contributed by atoms with Crippen molar-refractivity contribution in [3.63, 3.8) is 0 Å². The fourth-order valence-corrected chi connectivity index (χ4v) is 1.86. The summed E-state index contributed by atoms with van der Waals surface area (Å²) in [4.78, 5) is 4.35. The van der Waals surface area contributed by atoms with Gasteiger partial charge in [0.2, 0.25) is 0 Å². The average Bonchev–Trinajstić information content (AvgIpc) is 2.47. The molecule has 102 valence electrons. The maximum absolute atomic E-state index is 5.24. The van der Waals surface area contributed by atoms with Crippen molar-refractivity contribution >= 4 is 16.6 Å². The van der Waals surface area contributed by atoms with Gasteiger partial charge in [-0.1, -0.05) is 6.07 Å². The molecule has 0 aliphatic heterocycles. The first kappa shape index (κ1) is 13.6. The van der Waals surface area contributed by atoms with Crippen LogP contribution in [-0.2, 0) is 9.47 Å². The Hall–Kier alpha value is -1.85. The number of hydrogen-bond acceptors (Lipinski definition) is 5. The van der Waals surface area contributed by atoms with Crippen LogP contribution >= 0.6 is 0 Å². The third kappa shape index (κ3) is 3.13. The highest BCUT2D eigenvalue weighted by Gasteiger charge is 2.08. The summed E-state index contributed by atoms with van der Waals surface area (Å²) in [5, 5.41) is 5.33. The average molecular weight is 262 g/mol. The van der Waals surface area contributed by atoms with Crippen molar-refractivity contribution in [2.75, 3.05) is 33.2 Å². The van der Waals surface area contributed by atoms with Crippen molar-refractivity contribution in [1.29, 1.82) is 0 Å². The number of ether oxygens (including phenoxy) is 3. The highest BCUT2D eigenvalue weighted by molar-refractivity contribution is 5.92. The van der Waals surface area contributed by atoms with Gasteiger partial charge in [0.25, 0.3) is 0 Å². The number of aromatic nitrogens is 1. The monoisotopic (exact) mass is 262 g/mol. The fraction of sp³-hybridized carbons (Fsp3) is 0.357. The van der Waals surface area contributed by atoms with Gasteiger partial charge < -0.3 is 19.5 Å². The first-order valence-electron chi connectivity index (χ1n) is 6.00. The van der Waals surface area contributed by atoms with Crippen LogP contribution in [0.2, 0.25) is 0 Å². The molecule has 0 spiro atoms. The van der Waals surface area contributed by atoms with Crippen LogP contribution in [0.15, 0.2) is 30.5 Å². The normalized spacial score (nSPS) is 10.9. The Morgan fingerprint density at radius 1 is 1.16 bits per heavy atom. The first-order valence-corrected chi connectivity index (χ1v) is 6.00. The molecule has 1 heterocycles. The number of fused-ring (bicyclic) bond motifs is 1. The van der Waals surface area contributed by atoms with Gasteiger partial charge in [0.15, 0.2) is 6.29 Å². The Labute approximate surface area is 112 Å². The van der Waals surface area contributed by atoms with Crippen molar-refractivity contribution in [3.8, 4) is 5.75 Å². The van der Waals surface area contributed by atoms with Gasteiger partial charge in [-0.2, -0.15) is 0 Å². The topological polar surface area (TPSA) is 52.6 Å². The van der Waals surface area contributed by atoms with Crippen LogP contribution < -0.4 is 10.1 Å². The number of pyridine rings is 1. The molecule has 0 aliphatic carbocycles. The second kappa shape index (κ2) is 6.36. The van der Waals surface area contributed by atoms with E-state index >= 15 is 0 Å². The van der Waals surface area contributed by atoms with Crippen molar-refractivity contribution in [2.45, 2.75) is 6.29 Å². The summed E-state index contributed by atoms with van der Waals surface area (Å²) < 4.78 is 15.5. The highest BCUT2D eigenvalue weighted by atomic mass is 16.7. The standard InChI is InChI=1S/C14H18N2O3/c1-17-11-5-4-10-6-7-15-14(12(10)8-11)16-9-13(18-2)19-3/h4-8,13H,9H2,1-3H3,(H,15,16). The van der Waals surface area contributed by atoms with Crippen molar-refractivity contribution in [1.82, 2.24) is 4.98 Å². The summed E-state index contributed by atoms with van der Waals surface area (Å²) in [6.07, 6.45) is 1.47. The van der Waals surface area contributed by atoms with Crippen LogP contribution in [0.3, 0.4) is 0 Å². The summed E-state index contributed by atoms with van der Waals surface area (Å²) in [7, 11) is 4.86. The summed E-state index contributed by atoms with van der Waals surface area (Å²) in [5.41, 5.74) is 0. The minimum absolute atomic E-state index is 0.303. The molecule has 0 unspecified atom stereocenters. The summed E-state index contributed by atoms with van der Waals surface area (Å²) >= 11 is 0. The fourth-order valence-electron chi connectivity index (χ4n) is 1.86. The Kier molecular flexibility index (Phi) is 4.54. The number of benzene rings is 1. The Morgan fingerprint density at radius 2 is 1.95 bits per heavy atom. The number of hydrogen-bond donors (Lipinski definition) is 1. The molecule has 0 bridgehead atoms. The second-order valence-electron chi connectivity index (χ2n) is 4.03. The van der Waals surface area contributed by atoms with Gasteiger partial charge >= 0.3 is 0 Å². The number of nitrogens with one attached hydrogen (secondary N) is 1. The van der Waals surface area contributed by atoms with Crippen LogP contribution in [0, 0.1) is 0 Å². The van der Waals surface area contributed by atoms with E-state index in [9.17, 15) is 0 Å². The molecule has 0 aliphatic rings. The van der Waals surface area contributed by atoms with Gasteiger partial charge in [0, 0.05) is 25.8 Å². The molecule has 5 nitrogen and oxygen atoms in total. The summed E-state index contributed by atoms with van der Waals surface area (Å²) in [6, 6.07) is 7.85. The molecular formula is C14H18N2O3. The molecule has 1 aromatic carbocycles. The van der Waals surface area contributed by atoms with Crippen LogP contribution in [0.4, 0.5) is 5.82 Å². The predicted octanol–water partition coefficient (Wildman–Crippen LogP) is 2.27. The van der Waals surface area contributed by atoms with E-state index in [1.165, 1.54) is 0 Å². The van der Waals surface area contributed by atoms with E-state index in [4.69, 9.17) is 14.2 Å². The largest absolute Gasteiger partial charge is 0.497 e. The van der Waals surface area contributed by atoms with Gasteiger partial charge in [0.1, 0.15) is 11.6 Å². The SMILES string of the molecule is COc1ccc2ccnc(NCC(OC)OC)c2c1. The van der Waals surface area contributed by atoms with E-state index < -0.39 is 0 Å². The van der Waals surface area contributed by atoms with Crippen molar-refractivity contribution < 1.29 is 14.2 Å². The van der Waals surface area contributed by atoms with E-state index in [1.807, 2.05) is 24.3 Å². The van der Waals surface area contributed by atoms with Gasteiger partial charge in [-0.15, -0.1) is 0 Å². The van der Waals surface area contributed by atoms with Crippen molar-refractivity contribution in [2.24, 2.45) is 0 Å². The first-order chi connectivity index (χ1) is 9.28. The molecule has 19 heavy (non-hydrogen) atoms. The van der Waals surface area contributed by atoms with Gasteiger partial charge in [0.05, 0.1) is 13.7 Å². The number of anilines is 1. The molecule has 5 heteroatoms. The molecule has 0 saturated carbocycles. The Bertz CT molecular complexity index is 541. The van der Waals surface area contributed by atoms with Crippen LogP contribution in [0.25, 0.3) is 10.8 Å². The maximum Gasteiger partial charge on any atom is 0.173 e. The molecule has 2 aromatic rings. The number of nitrogens with zero attached hydrogens (tertiary/aromatic N) is 1. The molecular weight excluding hydrogens is 244 g/mol. The maximum atomic E-state index is 5.24. The molecule has 0 amide bonds. The highest BCUT2D eigenvalue weighted by Crippen LogP contribution is 2.25. The zero-order valence-corrected chi connectivity index (χ0v) is 11.3. The number of methoxy groups -OCH3 is 3. The van der Waals surface area contributed by atoms with Crippen molar-refractivity contribution in [3.05, 3.63) is 30.5 Å². The predicted molar refractivity (Wildman–Crippen MR) is 74.6 cm³/mol. The van der Waals surface area contributed by atoms with E-state index in [0.717, 1.165) is 22.3 Å². The Morgan fingerprint density at radius 3 is 2.63 bits per heavy atom. The Balaban J connectivity index is 2.26. The van der Waals surface area contributed by atoms with E-state index in [1.54, 1.807) is 27.5 Å². The molecule has 1 aromatic heterocycles. The van der Waals surface area contributed by atoms with Crippen LogP contribution in [0.1, 0.15) is 0 Å². The minimum Gasteiger partial charge on any atom is -0.497 e. The molecule has 0 saturated heterocycles. The van der Waals surface area contributed by atoms with E-state index in [2.05, 4.69) is 10.3 Å². The molecule has 1 N–H and O–H groups in total. The van der Waals surface area contributed by atoms with E-state index in [0.29, 0.717) is 6.54 Å². The lowest BCUT2D eigenvalue weighted by Gasteiger charge is -2.15. The molecule has 2 rings (SSSR count). The van der Waals surface area contributed by atoms with Crippen LogP contribution in [0.5, 0.6) is 5.75 Å². The third-order valence-electron chi connectivity index (χ3n) is 2.94. The molecule has 0 fully saturated rings. The lowest BCUT2D eigenvalue weighted by molar-refractivity contribution is -0.0914. The second-order valence-corrected chi connectivity index (χ2v) is 4.03. The molecule has 0 atom stereocenters. The van der Waals surface area contributed by atoms with Gasteiger partial charge in [-0.3, -0.25) is 0 Å².